The number of benzene rings is 1. The molecule has 0 fully saturated rings. The first-order chi connectivity index (χ1) is 8.24. The fraction of sp³-hybridized carbons (Fsp3) is 0.600. The van der Waals surface area contributed by atoms with Crippen LogP contribution in [0.25, 0.3) is 0 Å². The van der Waals surface area contributed by atoms with Crippen molar-refractivity contribution in [1.29, 1.82) is 0 Å². The van der Waals surface area contributed by atoms with Crippen molar-refractivity contribution in [1.82, 2.24) is 0 Å². The fourth-order valence-corrected chi connectivity index (χ4v) is 2.63. The summed E-state index contributed by atoms with van der Waals surface area (Å²) in [5.74, 6) is 0. The molecule has 2 rings (SSSR count). The Morgan fingerprint density at radius 3 is 2.88 bits per heavy atom. The van der Waals surface area contributed by atoms with Gasteiger partial charge in [-0.1, -0.05) is 19.1 Å². The van der Waals surface area contributed by atoms with Gasteiger partial charge in [0.1, 0.15) is 0 Å². The molecule has 1 N–H and O–H groups in total. The first kappa shape index (κ1) is 12.3. The highest BCUT2D eigenvalue weighted by Gasteiger charge is 2.18. The second-order valence-corrected chi connectivity index (χ2v) is 5.13. The minimum absolute atomic E-state index is 0.560. The van der Waals surface area contributed by atoms with Crippen molar-refractivity contribution in [3.63, 3.8) is 0 Å². The van der Waals surface area contributed by atoms with E-state index in [0.717, 1.165) is 13.1 Å². The van der Waals surface area contributed by atoms with Gasteiger partial charge >= 0.3 is 0 Å². The summed E-state index contributed by atoms with van der Waals surface area (Å²) in [5, 5.41) is 3.58. The van der Waals surface area contributed by atoms with Crippen LogP contribution in [0, 0.1) is 0 Å². The van der Waals surface area contributed by atoms with E-state index in [1.807, 2.05) is 0 Å². The molecule has 1 aliphatic heterocycles. The molecule has 0 saturated carbocycles. The molecule has 2 heteroatoms. The summed E-state index contributed by atoms with van der Waals surface area (Å²) in [4.78, 5) is 2.51. The lowest BCUT2D eigenvalue weighted by Gasteiger charge is -2.33. The maximum atomic E-state index is 3.58. The smallest absolute Gasteiger partial charge is 0.0610 e. The van der Waals surface area contributed by atoms with E-state index < -0.39 is 0 Å². The van der Waals surface area contributed by atoms with E-state index in [2.05, 4.69) is 49.2 Å². The minimum atomic E-state index is 0.560. The van der Waals surface area contributed by atoms with Gasteiger partial charge in [0.25, 0.3) is 0 Å². The lowest BCUT2D eigenvalue weighted by Crippen LogP contribution is -2.32. The van der Waals surface area contributed by atoms with Gasteiger partial charge < -0.3 is 10.2 Å². The zero-order valence-electron chi connectivity index (χ0n) is 11.3. The molecule has 1 heterocycles. The Kier molecular flexibility index (Phi) is 3.93. The number of para-hydroxylation sites is 1. The van der Waals surface area contributed by atoms with Crippen LogP contribution in [0.5, 0.6) is 0 Å². The Morgan fingerprint density at radius 1 is 1.35 bits per heavy atom. The lowest BCUT2D eigenvalue weighted by atomic mass is 10.0. The number of nitrogens with one attached hydrogen (secondary N) is 1. The number of rotatable bonds is 4. The quantitative estimate of drug-likeness (QED) is 0.852. The molecular weight excluding hydrogens is 208 g/mol. The third kappa shape index (κ3) is 2.56. The molecule has 0 aromatic heterocycles. The standard InChI is InChI=1S/C15H24N2/c1-4-11-17(12(2)3)14-9-5-7-13-8-6-10-16-15(13)14/h5,7,9,12,16H,4,6,8,10-11H2,1-3H3. The second-order valence-electron chi connectivity index (χ2n) is 5.13. The van der Waals surface area contributed by atoms with Crippen molar-refractivity contribution in [2.45, 2.75) is 46.1 Å². The third-order valence-electron chi connectivity index (χ3n) is 3.45. The fourth-order valence-electron chi connectivity index (χ4n) is 2.63. The average Bonchev–Trinajstić information content (AvgIpc) is 2.35. The Hall–Kier alpha value is -1.18. The largest absolute Gasteiger partial charge is 0.383 e. The summed E-state index contributed by atoms with van der Waals surface area (Å²) >= 11 is 0. The molecule has 0 atom stereocenters. The van der Waals surface area contributed by atoms with Crippen LogP contribution in [-0.4, -0.2) is 19.1 Å². The van der Waals surface area contributed by atoms with Gasteiger partial charge in [-0.25, -0.2) is 0 Å². The maximum Gasteiger partial charge on any atom is 0.0610 e. The zero-order valence-corrected chi connectivity index (χ0v) is 11.3. The van der Waals surface area contributed by atoms with Gasteiger partial charge in [-0.3, -0.25) is 0 Å². The molecule has 1 aromatic carbocycles. The number of hydrogen-bond acceptors (Lipinski definition) is 2. The normalized spacial score (nSPS) is 14.4. The summed E-state index contributed by atoms with van der Waals surface area (Å²) in [6, 6.07) is 7.28. The SMILES string of the molecule is CCCN(c1cccc2c1NCCC2)C(C)C. The first-order valence-corrected chi connectivity index (χ1v) is 6.86. The van der Waals surface area contributed by atoms with Gasteiger partial charge in [0, 0.05) is 19.1 Å². The average molecular weight is 232 g/mol. The van der Waals surface area contributed by atoms with Crippen LogP contribution in [-0.2, 0) is 6.42 Å². The number of aryl methyl sites for hydroxylation is 1. The molecule has 0 unspecified atom stereocenters. The Morgan fingerprint density at radius 2 is 2.18 bits per heavy atom. The van der Waals surface area contributed by atoms with E-state index in [0.29, 0.717) is 6.04 Å². The minimum Gasteiger partial charge on any atom is -0.383 e. The number of nitrogens with zero attached hydrogens (tertiary/aromatic N) is 1. The Bertz CT molecular complexity index is 371. The van der Waals surface area contributed by atoms with Gasteiger partial charge in [0.05, 0.1) is 11.4 Å². The summed E-state index contributed by atoms with van der Waals surface area (Å²) < 4.78 is 0. The van der Waals surface area contributed by atoms with Crippen molar-refractivity contribution in [3.8, 4) is 0 Å². The third-order valence-corrected chi connectivity index (χ3v) is 3.45. The summed E-state index contributed by atoms with van der Waals surface area (Å²) in [6.45, 7) is 9.05. The van der Waals surface area contributed by atoms with Crippen LogP contribution < -0.4 is 10.2 Å². The molecule has 0 bridgehead atoms. The summed E-state index contributed by atoms with van der Waals surface area (Å²) in [6.07, 6.45) is 3.67. The molecule has 0 spiro atoms. The second kappa shape index (κ2) is 5.44. The molecule has 1 aliphatic rings. The van der Waals surface area contributed by atoms with E-state index in [1.54, 1.807) is 0 Å². The highest BCUT2D eigenvalue weighted by atomic mass is 15.2. The maximum absolute atomic E-state index is 3.58. The zero-order chi connectivity index (χ0) is 12.3. The van der Waals surface area contributed by atoms with Gasteiger partial charge in [0.2, 0.25) is 0 Å². The predicted octanol–water partition coefficient (Wildman–Crippen LogP) is 3.67. The highest BCUT2D eigenvalue weighted by molar-refractivity contribution is 5.74. The number of anilines is 2. The molecule has 94 valence electrons. The van der Waals surface area contributed by atoms with E-state index >= 15 is 0 Å². The lowest BCUT2D eigenvalue weighted by molar-refractivity contribution is 0.669. The van der Waals surface area contributed by atoms with Gasteiger partial charge in [0.15, 0.2) is 0 Å². The van der Waals surface area contributed by atoms with Crippen LogP contribution in [0.4, 0.5) is 11.4 Å². The topological polar surface area (TPSA) is 15.3 Å². The molecule has 0 radical (unpaired) electrons. The van der Waals surface area contributed by atoms with E-state index in [1.165, 1.54) is 36.2 Å². The summed E-state index contributed by atoms with van der Waals surface area (Å²) in [5.41, 5.74) is 4.25. The molecule has 0 aliphatic carbocycles. The summed E-state index contributed by atoms with van der Waals surface area (Å²) in [7, 11) is 0. The van der Waals surface area contributed by atoms with E-state index in [9.17, 15) is 0 Å². The molecule has 0 saturated heterocycles. The van der Waals surface area contributed by atoms with Crippen molar-refractivity contribution in [2.24, 2.45) is 0 Å². The number of hydrogen-bond donors (Lipinski definition) is 1. The van der Waals surface area contributed by atoms with Crippen LogP contribution in [0.15, 0.2) is 18.2 Å². The van der Waals surface area contributed by atoms with Gasteiger partial charge in [-0.05, 0) is 44.7 Å². The molecule has 1 aromatic rings. The van der Waals surface area contributed by atoms with Gasteiger partial charge in [-0.2, -0.15) is 0 Å². The van der Waals surface area contributed by atoms with Gasteiger partial charge in [-0.15, -0.1) is 0 Å². The van der Waals surface area contributed by atoms with Crippen LogP contribution in [0.2, 0.25) is 0 Å². The first-order valence-electron chi connectivity index (χ1n) is 6.86. The monoisotopic (exact) mass is 232 g/mol. The number of fused-ring (bicyclic) bond motifs is 1. The van der Waals surface area contributed by atoms with Crippen LogP contribution in [0.3, 0.4) is 0 Å². The van der Waals surface area contributed by atoms with Crippen LogP contribution >= 0.6 is 0 Å². The van der Waals surface area contributed by atoms with Crippen molar-refractivity contribution >= 4 is 11.4 Å². The Labute approximate surface area is 105 Å². The van der Waals surface area contributed by atoms with Crippen molar-refractivity contribution in [3.05, 3.63) is 23.8 Å². The van der Waals surface area contributed by atoms with E-state index in [-0.39, 0.29) is 0 Å². The molecule has 17 heavy (non-hydrogen) atoms. The van der Waals surface area contributed by atoms with E-state index in [4.69, 9.17) is 0 Å². The molecule has 2 nitrogen and oxygen atoms in total. The van der Waals surface area contributed by atoms with Crippen LogP contribution in [0.1, 0.15) is 39.2 Å². The Balaban J connectivity index is 2.35. The van der Waals surface area contributed by atoms with Crippen molar-refractivity contribution < 1.29 is 0 Å². The molecular formula is C15H24N2. The molecule has 0 amide bonds. The highest BCUT2D eigenvalue weighted by Crippen LogP contribution is 2.33. The van der Waals surface area contributed by atoms with Crippen molar-refractivity contribution in [2.75, 3.05) is 23.3 Å². The predicted molar refractivity (Wildman–Crippen MR) is 76.0 cm³/mol.